The number of ether oxygens (including phenoxy) is 1. The first-order chi connectivity index (χ1) is 8.70. The topological polar surface area (TPSA) is 37.0 Å². The number of H-pyrrole nitrogens is 1. The minimum Gasteiger partial charge on any atom is -0.497 e. The van der Waals surface area contributed by atoms with Crippen molar-refractivity contribution in [2.75, 3.05) is 13.7 Å². The average Bonchev–Trinajstić information content (AvgIpc) is 2.76. The van der Waals surface area contributed by atoms with Crippen LogP contribution in [-0.2, 0) is 6.42 Å². The Labute approximate surface area is 109 Å². The summed E-state index contributed by atoms with van der Waals surface area (Å²) in [6, 6.07) is 6.73. The van der Waals surface area contributed by atoms with E-state index in [9.17, 15) is 0 Å². The van der Waals surface area contributed by atoms with E-state index in [0.717, 1.165) is 25.1 Å². The molecule has 0 aliphatic rings. The van der Waals surface area contributed by atoms with E-state index >= 15 is 0 Å². The Balaban J connectivity index is 2.04. The number of methoxy groups -OCH3 is 1. The average molecular weight is 246 g/mol. The normalized spacial score (nSPS) is 11.3. The molecule has 0 aliphatic carbocycles. The Morgan fingerprint density at radius 1 is 1.33 bits per heavy atom. The minimum absolute atomic E-state index is 0.563. The van der Waals surface area contributed by atoms with Crippen molar-refractivity contribution in [1.29, 1.82) is 0 Å². The molecule has 3 nitrogen and oxygen atoms in total. The second-order valence-electron chi connectivity index (χ2n) is 4.94. The zero-order chi connectivity index (χ0) is 13.0. The molecule has 0 unspecified atom stereocenters. The molecule has 18 heavy (non-hydrogen) atoms. The van der Waals surface area contributed by atoms with Crippen LogP contribution < -0.4 is 10.1 Å². The van der Waals surface area contributed by atoms with E-state index in [1.165, 1.54) is 16.5 Å². The second kappa shape index (κ2) is 5.91. The lowest BCUT2D eigenvalue weighted by molar-refractivity contribution is 0.415. The molecule has 0 saturated heterocycles. The van der Waals surface area contributed by atoms with E-state index in [2.05, 4.69) is 42.5 Å². The molecule has 0 fully saturated rings. The summed E-state index contributed by atoms with van der Waals surface area (Å²) in [5, 5.41) is 4.72. The fourth-order valence-electron chi connectivity index (χ4n) is 2.16. The fourth-order valence-corrected chi connectivity index (χ4v) is 2.16. The molecule has 2 aromatic rings. The van der Waals surface area contributed by atoms with Crippen molar-refractivity contribution in [3.8, 4) is 5.75 Å². The highest BCUT2D eigenvalue weighted by Gasteiger charge is 2.05. The number of aryl methyl sites for hydroxylation is 1. The predicted molar refractivity (Wildman–Crippen MR) is 76.3 cm³/mol. The second-order valence-corrected chi connectivity index (χ2v) is 4.94. The van der Waals surface area contributed by atoms with Crippen molar-refractivity contribution < 1.29 is 4.74 Å². The van der Waals surface area contributed by atoms with E-state index < -0.39 is 0 Å². The van der Waals surface area contributed by atoms with Crippen LogP contribution in [0.1, 0.15) is 25.8 Å². The molecule has 0 aliphatic heterocycles. The zero-order valence-corrected chi connectivity index (χ0v) is 11.4. The van der Waals surface area contributed by atoms with Crippen LogP contribution in [0, 0.1) is 0 Å². The third kappa shape index (κ3) is 3.05. The van der Waals surface area contributed by atoms with Gasteiger partial charge < -0.3 is 15.0 Å². The van der Waals surface area contributed by atoms with Crippen LogP contribution in [0.2, 0.25) is 0 Å². The maximum absolute atomic E-state index is 5.28. The van der Waals surface area contributed by atoms with Gasteiger partial charge in [0.15, 0.2) is 0 Å². The molecule has 0 spiro atoms. The number of aromatic amines is 1. The van der Waals surface area contributed by atoms with Gasteiger partial charge in [-0.15, -0.1) is 0 Å². The molecular formula is C15H22N2O. The molecule has 1 heterocycles. The zero-order valence-electron chi connectivity index (χ0n) is 11.4. The number of hydrogen-bond donors (Lipinski definition) is 2. The standard InChI is InChI=1S/C15H22N2O/c1-11(2)16-8-4-5-12-10-17-15-7-6-13(18-3)9-14(12)15/h6-7,9-11,16-17H,4-5,8H2,1-3H3. The van der Waals surface area contributed by atoms with E-state index in [0.29, 0.717) is 6.04 Å². The van der Waals surface area contributed by atoms with Gasteiger partial charge in [0.2, 0.25) is 0 Å². The molecule has 0 saturated carbocycles. The first kappa shape index (κ1) is 13.0. The van der Waals surface area contributed by atoms with Crippen LogP contribution in [0.25, 0.3) is 10.9 Å². The number of aromatic nitrogens is 1. The molecule has 0 bridgehead atoms. The summed E-state index contributed by atoms with van der Waals surface area (Å²) in [6.45, 7) is 5.42. The van der Waals surface area contributed by atoms with E-state index in [-0.39, 0.29) is 0 Å². The highest BCUT2D eigenvalue weighted by atomic mass is 16.5. The summed E-state index contributed by atoms with van der Waals surface area (Å²) in [7, 11) is 1.71. The lowest BCUT2D eigenvalue weighted by Crippen LogP contribution is -2.23. The summed E-state index contributed by atoms with van der Waals surface area (Å²) in [5.74, 6) is 0.920. The number of nitrogens with one attached hydrogen (secondary N) is 2. The Morgan fingerprint density at radius 2 is 2.17 bits per heavy atom. The molecule has 1 aromatic carbocycles. The van der Waals surface area contributed by atoms with Gasteiger partial charge in [0.05, 0.1) is 7.11 Å². The van der Waals surface area contributed by atoms with Crippen molar-refractivity contribution in [2.24, 2.45) is 0 Å². The summed E-state index contributed by atoms with van der Waals surface area (Å²) in [5.41, 5.74) is 2.55. The molecule has 2 N–H and O–H groups in total. The molecule has 3 heteroatoms. The van der Waals surface area contributed by atoms with E-state index in [4.69, 9.17) is 4.74 Å². The Bertz CT molecular complexity index is 502. The van der Waals surface area contributed by atoms with Gasteiger partial charge in [0.1, 0.15) is 5.75 Å². The van der Waals surface area contributed by atoms with Crippen molar-refractivity contribution in [3.05, 3.63) is 30.0 Å². The highest BCUT2D eigenvalue weighted by molar-refractivity contribution is 5.84. The van der Waals surface area contributed by atoms with Crippen LogP contribution >= 0.6 is 0 Å². The van der Waals surface area contributed by atoms with Gasteiger partial charge >= 0.3 is 0 Å². The molecule has 0 amide bonds. The van der Waals surface area contributed by atoms with Crippen LogP contribution in [-0.4, -0.2) is 24.7 Å². The monoisotopic (exact) mass is 246 g/mol. The molecule has 98 valence electrons. The van der Waals surface area contributed by atoms with Crippen molar-refractivity contribution in [2.45, 2.75) is 32.7 Å². The predicted octanol–water partition coefficient (Wildman–Crippen LogP) is 3.11. The number of benzene rings is 1. The van der Waals surface area contributed by atoms with Gasteiger partial charge in [-0.25, -0.2) is 0 Å². The molecule has 1 aromatic heterocycles. The van der Waals surface area contributed by atoms with Crippen molar-refractivity contribution in [1.82, 2.24) is 10.3 Å². The van der Waals surface area contributed by atoms with Crippen LogP contribution in [0.3, 0.4) is 0 Å². The van der Waals surface area contributed by atoms with Crippen LogP contribution in [0.15, 0.2) is 24.4 Å². The Hall–Kier alpha value is -1.48. The van der Waals surface area contributed by atoms with E-state index in [1.54, 1.807) is 7.11 Å². The van der Waals surface area contributed by atoms with Gasteiger partial charge in [-0.05, 0) is 43.1 Å². The van der Waals surface area contributed by atoms with Crippen LogP contribution in [0.5, 0.6) is 5.75 Å². The third-order valence-electron chi connectivity index (χ3n) is 3.15. The van der Waals surface area contributed by atoms with Gasteiger partial charge in [-0.1, -0.05) is 13.8 Å². The first-order valence-corrected chi connectivity index (χ1v) is 6.58. The SMILES string of the molecule is COc1ccc2[nH]cc(CCCNC(C)C)c2c1. The van der Waals surface area contributed by atoms with Gasteiger partial charge in [0.25, 0.3) is 0 Å². The number of fused-ring (bicyclic) bond motifs is 1. The smallest absolute Gasteiger partial charge is 0.119 e. The molecule has 2 rings (SSSR count). The van der Waals surface area contributed by atoms with Crippen molar-refractivity contribution >= 4 is 10.9 Å². The Morgan fingerprint density at radius 3 is 2.89 bits per heavy atom. The largest absolute Gasteiger partial charge is 0.497 e. The fraction of sp³-hybridized carbons (Fsp3) is 0.467. The number of hydrogen-bond acceptors (Lipinski definition) is 2. The van der Waals surface area contributed by atoms with E-state index in [1.807, 2.05) is 6.07 Å². The maximum atomic E-state index is 5.28. The van der Waals surface area contributed by atoms with Crippen molar-refractivity contribution in [3.63, 3.8) is 0 Å². The molecule has 0 atom stereocenters. The third-order valence-corrected chi connectivity index (χ3v) is 3.15. The van der Waals surface area contributed by atoms with Gasteiger partial charge in [0, 0.05) is 23.1 Å². The minimum atomic E-state index is 0.563. The highest BCUT2D eigenvalue weighted by Crippen LogP contribution is 2.24. The molecular weight excluding hydrogens is 224 g/mol. The lowest BCUT2D eigenvalue weighted by atomic mass is 10.1. The van der Waals surface area contributed by atoms with Gasteiger partial charge in [-0.2, -0.15) is 0 Å². The first-order valence-electron chi connectivity index (χ1n) is 6.58. The summed E-state index contributed by atoms with van der Waals surface area (Å²) < 4.78 is 5.28. The summed E-state index contributed by atoms with van der Waals surface area (Å²) in [4.78, 5) is 3.31. The maximum Gasteiger partial charge on any atom is 0.119 e. The molecule has 0 radical (unpaired) electrons. The number of rotatable bonds is 6. The van der Waals surface area contributed by atoms with Gasteiger partial charge in [-0.3, -0.25) is 0 Å². The summed E-state index contributed by atoms with van der Waals surface area (Å²) in [6.07, 6.45) is 4.36. The summed E-state index contributed by atoms with van der Waals surface area (Å²) >= 11 is 0. The van der Waals surface area contributed by atoms with Crippen LogP contribution in [0.4, 0.5) is 0 Å². The lowest BCUT2D eigenvalue weighted by Gasteiger charge is -2.07. The Kier molecular flexibility index (Phi) is 4.26. The quantitative estimate of drug-likeness (QED) is 0.768.